The van der Waals surface area contributed by atoms with Gasteiger partial charge in [-0.25, -0.2) is 9.97 Å². The van der Waals surface area contributed by atoms with E-state index in [-0.39, 0.29) is 18.0 Å². The number of hydrogen-bond donors (Lipinski definition) is 1. The molecular formula is C25H29N5O. The van der Waals surface area contributed by atoms with E-state index in [4.69, 9.17) is 0 Å². The summed E-state index contributed by atoms with van der Waals surface area (Å²) in [7, 11) is 0. The van der Waals surface area contributed by atoms with Crippen LogP contribution in [0.25, 0.3) is 27.9 Å². The van der Waals surface area contributed by atoms with E-state index >= 15 is 0 Å². The maximum atomic E-state index is 13.5. The minimum Gasteiger partial charge on any atom is -0.348 e. The van der Waals surface area contributed by atoms with Gasteiger partial charge >= 0.3 is 0 Å². The van der Waals surface area contributed by atoms with Gasteiger partial charge in [0.05, 0.1) is 16.6 Å². The fourth-order valence-electron chi connectivity index (χ4n) is 4.97. The van der Waals surface area contributed by atoms with Crippen molar-refractivity contribution < 1.29 is 4.79 Å². The third kappa shape index (κ3) is 3.50. The smallest absolute Gasteiger partial charge is 0.268 e. The highest BCUT2D eigenvalue weighted by Crippen LogP contribution is 2.35. The first-order valence-electron chi connectivity index (χ1n) is 11.4. The van der Waals surface area contributed by atoms with Crippen LogP contribution in [0.4, 0.5) is 0 Å². The van der Waals surface area contributed by atoms with E-state index in [1.807, 2.05) is 16.7 Å². The number of benzene rings is 1. The number of rotatable bonds is 4. The van der Waals surface area contributed by atoms with Crippen LogP contribution in [-0.4, -0.2) is 31.1 Å². The van der Waals surface area contributed by atoms with E-state index < -0.39 is 0 Å². The molecule has 0 bridgehead atoms. The molecular weight excluding hydrogens is 386 g/mol. The number of carbonyl (C=O) groups excluding carboxylic acids is 1. The number of nitrogens with zero attached hydrogens (tertiary/aromatic N) is 4. The number of carbonyl (C=O) groups is 1. The molecule has 5 rings (SSSR count). The molecule has 0 saturated heterocycles. The van der Waals surface area contributed by atoms with Crippen LogP contribution in [0.5, 0.6) is 0 Å². The van der Waals surface area contributed by atoms with Crippen LogP contribution < -0.4 is 5.32 Å². The monoisotopic (exact) mass is 415 g/mol. The number of aromatic nitrogens is 4. The number of amides is 1. The molecule has 0 unspecified atom stereocenters. The second-order valence-corrected chi connectivity index (χ2v) is 8.79. The number of hydrogen-bond acceptors (Lipinski definition) is 3. The summed E-state index contributed by atoms with van der Waals surface area (Å²) in [5, 5.41) is 4.41. The lowest BCUT2D eigenvalue weighted by molar-refractivity contribution is 0.0926. The van der Waals surface area contributed by atoms with Gasteiger partial charge in [0.1, 0.15) is 5.69 Å². The Bertz CT molecular complexity index is 1210. The maximum absolute atomic E-state index is 13.5. The van der Waals surface area contributed by atoms with Gasteiger partial charge in [-0.3, -0.25) is 9.36 Å². The molecule has 6 nitrogen and oxygen atoms in total. The van der Waals surface area contributed by atoms with E-state index in [1.165, 1.54) is 25.7 Å². The second-order valence-electron chi connectivity index (χ2n) is 8.79. The highest BCUT2D eigenvalue weighted by molar-refractivity contribution is 6.11. The van der Waals surface area contributed by atoms with Crippen LogP contribution in [0, 0.1) is 0 Å². The summed E-state index contributed by atoms with van der Waals surface area (Å²) in [5.41, 5.74) is 3.78. The van der Waals surface area contributed by atoms with Crippen LogP contribution in [0.3, 0.4) is 0 Å². The first-order valence-corrected chi connectivity index (χ1v) is 11.4. The zero-order valence-electron chi connectivity index (χ0n) is 18.2. The fraction of sp³-hybridized carbons (Fsp3) is 0.400. The Morgan fingerprint density at radius 1 is 1.00 bits per heavy atom. The van der Waals surface area contributed by atoms with Gasteiger partial charge in [0.15, 0.2) is 0 Å². The van der Waals surface area contributed by atoms with E-state index in [1.54, 1.807) is 18.5 Å². The van der Waals surface area contributed by atoms with Crippen molar-refractivity contribution in [2.75, 3.05) is 0 Å². The van der Waals surface area contributed by atoms with Crippen LogP contribution in [0.15, 0.2) is 48.8 Å². The Morgan fingerprint density at radius 2 is 1.71 bits per heavy atom. The first-order chi connectivity index (χ1) is 15.1. The molecule has 1 aliphatic carbocycles. The highest BCUT2D eigenvalue weighted by atomic mass is 16.2. The van der Waals surface area contributed by atoms with Gasteiger partial charge in [-0.15, -0.1) is 0 Å². The molecule has 1 fully saturated rings. The summed E-state index contributed by atoms with van der Waals surface area (Å²) in [5.74, 6) is 0.477. The lowest BCUT2D eigenvalue weighted by atomic mass is 10.1. The standard InChI is InChI=1S/C25H29N5O/c1-17(2)29-20-13-8-7-12-19(20)23-21(29)16-22(30(23)25-26-14-9-15-27-25)24(31)28-18-10-5-3-4-6-11-18/h7-9,12-18H,3-6,10-11H2,1-2H3,(H,28,31). The quantitative estimate of drug-likeness (QED) is 0.453. The average Bonchev–Trinajstić information content (AvgIpc) is 3.19. The molecule has 1 saturated carbocycles. The lowest BCUT2D eigenvalue weighted by Crippen LogP contribution is -2.35. The molecule has 1 aliphatic rings. The highest BCUT2D eigenvalue weighted by Gasteiger charge is 2.26. The van der Waals surface area contributed by atoms with Gasteiger partial charge in [0, 0.05) is 29.9 Å². The predicted molar refractivity (Wildman–Crippen MR) is 124 cm³/mol. The second kappa shape index (κ2) is 8.17. The normalized spacial score (nSPS) is 15.6. The zero-order chi connectivity index (χ0) is 21.4. The van der Waals surface area contributed by atoms with Crippen molar-refractivity contribution in [1.82, 2.24) is 24.4 Å². The van der Waals surface area contributed by atoms with Gasteiger partial charge in [0.25, 0.3) is 5.91 Å². The van der Waals surface area contributed by atoms with Gasteiger partial charge in [-0.2, -0.15) is 0 Å². The molecule has 1 N–H and O–H groups in total. The minimum absolute atomic E-state index is 0.0464. The Balaban J connectivity index is 1.71. The van der Waals surface area contributed by atoms with Gasteiger partial charge in [-0.1, -0.05) is 43.9 Å². The Kier molecular flexibility index (Phi) is 5.22. The SMILES string of the molecule is CC(C)n1c2ccccc2c2c1cc(C(=O)NC1CCCCCC1)n2-c1ncccn1. The summed E-state index contributed by atoms with van der Waals surface area (Å²) in [6, 6.07) is 12.7. The maximum Gasteiger partial charge on any atom is 0.268 e. The molecule has 0 spiro atoms. The van der Waals surface area contributed by atoms with Crippen molar-refractivity contribution in [1.29, 1.82) is 0 Å². The lowest BCUT2D eigenvalue weighted by Gasteiger charge is -2.17. The summed E-state index contributed by atoms with van der Waals surface area (Å²) in [6.07, 6.45) is 10.4. The molecule has 6 heteroatoms. The fourth-order valence-corrected chi connectivity index (χ4v) is 4.97. The third-order valence-corrected chi connectivity index (χ3v) is 6.35. The van der Waals surface area contributed by atoms with Gasteiger partial charge in [-0.05, 0) is 44.9 Å². The van der Waals surface area contributed by atoms with Crippen LogP contribution in [0.1, 0.15) is 68.9 Å². The Labute approximate surface area is 182 Å². The number of para-hydroxylation sites is 1. The summed E-state index contributed by atoms with van der Waals surface area (Å²) >= 11 is 0. The summed E-state index contributed by atoms with van der Waals surface area (Å²) in [6.45, 7) is 4.35. The van der Waals surface area contributed by atoms with Crippen molar-refractivity contribution in [2.45, 2.75) is 64.5 Å². The minimum atomic E-state index is -0.0464. The molecule has 3 heterocycles. The molecule has 4 aromatic rings. The number of fused-ring (bicyclic) bond motifs is 3. The van der Waals surface area contributed by atoms with Crippen LogP contribution in [0.2, 0.25) is 0 Å². The van der Waals surface area contributed by atoms with Crippen molar-refractivity contribution in [3.63, 3.8) is 0 Å². The Hall–Kier alpha value is -3.15. The van der Waals surface area contributed by atoms with Crippen LogP contribution in [-0.2, 0) is 0 Å². The van der Waals surface area contributed by atoms with Crippen molar-refractivity contribution in [3.05, 3.63) is 54.5 Å². The largest absolute Gasteiger partial charge is 0.348 e. The van der Waals surface area contributed by atoms with Crippen molar-refractivity contribution in [3.8, 4) is 5.95 Å². The Morgan fingerprint density at radius 3 is 2.42 bits per heavy atom. The molecule has 1 amide bonds. The molecule has 160 valence electrons. The first kappa shape index (κ1) is 19.8. The predicted octanol–water partition coefficient (Wildman–Crippen LogP) is 5.41. The van der Waals surface area contributed by atoms with Gasteiger partial charge < -0.3 is 9.88 Å². The molecule has 3 aromatic heterocycles. The van der Waals surface area contributed by atoms with Crippen LogP contribution >= 0.6 is 0 Å². The summed E-state index contributed by atoms with van der Waals surface area (Å²) in [4.78, 5) is 22.5. The third-order valence-electron chi connectivity index (χ3n) is 6.35. The van der Waals surface area contributed by atoms with E-state index in [0.29, 0.717) is 11.6 Å². The summed E-state index contributed by atoms with van der Waals surface area (Å²) < 4.78 is 4.23. The molecule has 0 aliphatic heterocycles. The van der Waals surface area contributed by atoms with E-state index in [0.717, 1.165) is 34.8 Å². The molecule has 0 atom stereocenters. The van der Waals surface area contributed by atoms with E-state index in [9.17, 15) is 4.79 Å². The van der Waals surface area contributed by atoms with E-state index in [2.05, 4.69) is 51.9 Å². The molecule has 31 heavy (non-hydrogen) atoms. The molecule has 0 radical (unpaired) electrons. The van der Waals surface area contributed by atoms with Gasteiger partial charge in [0.2, 0.25) is 5.95 Å². The average molecular weight is 416 g/mol. The van der Waals surface area contributed by atoms with Crippen molar-refractivity contribution >= 4 is 27.8 Å². The number of nitrogens with one attached hydrogen (secondary N) is 1. The molecule has 1 aromatic carbocycles. The topological polar surface area (TPSA) is 64.7 Å². The zero-order valence-corrected chi connectivity index (χ0v) is 18.2. The van der Waals surface area contributed by atoms with Crippen molar-refractivity contribution in [2.24, 2.45) is 0 Å².